The second-order valence-electron chi connectivity index (χ2n) is 10.6. The van der Waals surface area contributed by atoms with Crippen LogP contribution in [0.15, 0.2) is 36.4 Å². The summed E-state index contributed by atoms with van der Waals surface area (Å²) in [6.07, 6.45) is 0. The molecule has 0 unspecified atom stereocenters. The summed E-state index contributed by atoms with van der Waals surface area (Å²) < 4.78 is 10.6. The fourth-order valence-electron chi connectivity index (χ4n) is 6.93. The van der Waals surface area contributed by atoms with Crippen molar-refractivity contribution in [1.29, 1.82) is 0 Å². The van der Waals surface area contributed by atoms with Crippen molar-refractivity contribution in [1.82, 2.24) is 0 Å². The van der Waals surface area contributed by atoms with Crippen LogP contribution in [0.5, 0.6) is 0 Å². The minimum absolute atomic E-state index is 1.71. The Balaban J connectivity index is 1.97. The molecule has 4 aromatic carbocycles. The van der Waals surface area contributed by atoms with E-state index in [2.05, 4.69) is 70.9 Å². The monoisotopic (exact) mass is 534 g/mol. The van der Waals surface area contributed by atoms with E-state index < -0.39 is 39.8 Å². The number of rotatable bonds is 0. The van der Waals surface area contributed by atoms with Gasteiger partial charge in [0.1, 0.15) is 0 Å². The summed E-state index contributed by atoms with van der Waals surface area (Å²) >= 11 is -6.58. The Labute approximate surface area is 168 Å². The molecule has 0 saturated carbocycles. The van der Waals surface area contributed by atoms with Gasteiger partial charge in [0, 0.05) is 0 Å². The molecule has 0 N–H and O–H groups in total. The molecule has 3 heteroatoms. The Morgan fingerprint density at radius 2 is 0.481 bits per heavy atom. The van der Waals surface area contributed by atoms with Gasteiger partial charge in [-0.1, -0.05) is 0 Å². The zero-order chi connectivity index (χ0) is 18.7. The molecule has 0 atom stereocenters. The van der Waals surface area contributed by atoms with Gasteiger partial charge in [-0.2, -0.15) is 0 Å². The van der Waals surface area contributed by atoms with Crippen LogP contribution in [0.4, 0.5) is 0 Å². The molecule has 0 saturated heterocycles. The van der Waals surface area contributed by atoms with Crippen molar-refractivity contribution in [2.24, 2.45) is 0 Å². The van der Waals surface area contributed by atoms with E-state index in [-0.39, 0.29) is 0 Å². The van der Waals surface area contributed by atoms with E-state index in [1.165, 1.54) is 0 Å². The van der Waals surface area contributed by atoms with Crippen LogP contribution in [0.3, 0.4) is 0 Å². The first kappa shape index (κ1) is 16.1. The predicted octanol–water partition coefficient (Wildman–Crippen LogP) is 2.55. The second-order valence-corrected chi connectivity index (χ2v) is 37.8. The van der Waals surface area contributed by atoms with Gasteiger partial charge in [-0.25, -0.2) is 0 Å². The summed E-state index contributed by atoms with van der Waals surface area (Å²) in [5.41, 5.74) is 0. The topological polar surface area (TPSA) is 0 Å². The maximum atomic E-state index is 2.63. The molecule has 0 aliphatic carbocycles. The normalized spacial score (nSPS) is 21.1. The van der Waals surface area contributed by atoms with E-state index in [9.17, 15) is 0 Å². The third-order valence-corrected chi connectivity index (χ3v) is 30.6. The van der Waals surface area contributed by atoms with Crippen LogP contribution < -0.4 is 26.4 Å². The Morgan fingerprint density at radius 3 is 0.630 bits per heavy atom. The van der Waals surface area contributed by atoms with Gasteiger partial charge < -0.3 is 0 Å². The molecule has 27 heavy (non-hydrogen) atoms. The summed E-state index contributed by atoms with van der Waals surface area (Å²) in [7, 11) is 0. The van der Waals surface area contributed by atoms with Crippen molar-refractivity contribution in [3.05, 3.63) is 36.4 Å². The van der Waals surface area contributed by atoms with Crippen molar-refractivity contribution in [3.8, 4) is 0 Å². The summed E-state index contributed by atoms with van der Waals surface area (Å²) in [4.78, 5) is 0. The molecule has 4 aromatic rings. The van der Waals surface area contributed by atoms with Crippen molar-refractivity contribution in [3.63, 3.8) is 0 Å². The van der Waals surface area contributed by atoms with Crippen molar-refractivity contribution >= 4 is 98.5 Å². The van der Waals surface area contributed by atoms with Crippen LogP contribution in [0.25, 0.3) is 32.3 Å². The van der Waals surface area contributed by atoms with Gasteiger partial charge in [0.15, 0.2) is 0 Å². The summed E-state index contributed by atoms with van der Waals surface area (Å²) in [5, 5.41) is 10.3. The summed E-state index contributed by atoms with van der Waals surface area (Å²) in [6.45, 7) is 0. The minimum atomic E-state index is -2.19. The van der Waals surface area contributed by atoms with E-state index >= 15 is 0 Å². The zero-order valence-electron chi connectivity index (χ0n) is 17.0. The van der Waals surface area contributed by atoms with Crippen LogP contribution in [-0.2, 0) is 0 Å². The molecule has 3 heterocycles. The summed E-state index contributed by atoms with van der Waals surface area (Å²) in [5.74, 6) is 15.8. The molecule has 7 rings (SSSR count). The van der Waals surface area contributed by atoms with Crippen LogP contribution in [0.1, 0.15) is 0 Å². The van der Waals surface area contributed by atoms with E-state index in [0.717, 1.165) is 0 Å². The van der Waals surface area contributed by atoms with Gasteiger partial charge in [-0.15, -0.1) is 0 Å². The third kappa shape index (κ3) is 1.42. The Bertz CT molecular complexity index is 1130. The molecule has 0 radical (unpaired) electrons. The van der Waals surface area contributed by atoms with Crippen molar-refractivity contribution in [2.45, 2.75) is 34.5 Å². The van der Waals surface area contributed by atoms with Crippen LogP contribution in [0.2, 0.25) is 34.5 Å². The Hall–Kier alpha value is -0.711. The van der Waals surface area contributed by atoms with Gasteiger partial charge in [0.25, 0.3) is 0 Å². The van der Waals surface area contributed by atoms with Crippen LogP contribution >= 0.6 is 0 Å². The fourth-order valence-corrected chi connectivity index (χ4v) is 26.1. The zero-order valence-corrected chi connectivity index (χ0v) is 23.3. The SMILES string of the molecule is [CH3][Ge]1([CH3])[c]2cc[c]3c4c2c2[c]1cc[c]1c2c2[c](cc[c](c42)[Ge]3([CH3])[CH3])[Ge]1([CH3])[CH3]. The van der Waals surface area contributed by atoms with Crippen LogP contribution in [-0.4, -0.2) is 39.8 Å². The number of benzene rings is 4. The van der Waals surface area contributed by atoms with Gasteiger partial charge in [-0.05, 0) is 0 Å². The molecular formula is C24H24Ge3. The van der Waals surface area contributed by atoms with Crippen LogP contribution in [0, 0.1) is 0 Å². The Kier molecular flexibility index (Phi) is 2.53. The molecule has 0 fully saturated rings. The third-order valence-electron chi connectivity index (χ3n) is 8.41. The molecular weight excluding hydrogens is 506 g/mol. The number of hydrogen-bond donors (Lipinski definition) is 0. The first-order valence-electron chi connectivity index (χ1n) is 10.2. The Morgan fingerprint density at radius 1 is 0.333 bits per heavy atom. The predicted molar refractivity (Wildman–Crippen MR) is 129 cm³/mol. The molecule has 0 bridgehead atoms. The molecule has 0 amide bonds. The second kappa shape index (κ2) is 4.24. The average Bonchev–Trinajstić information content (AvgIpc) is 3.10. The van der Waals surface area contributed by atoms with E-state index in [0.29, 0.717) is 0 Å². The van der Waals surface area contributed by atoms with E-state index in [4.69, 9.17) is 0 Å². The number of hydrogen-bond acceptors (Lipinski definition) is 0. The molecule has 3 aliphatic rings. The molecule has 3 aliphatic heterocycles. The molecule has 0 nitrogen and oxygen atoms in total. The first-order chi connectivity index (χ1) is 12.7. The quantitative estimate of drug-likeness (QED) is 0.242. The van der Waals surface area contributed by atoms with Gasteiger partial charge in [0.05, 0.1) is 0 Å². The van der Waals surface area contributed by atoms with Crippen molar-refractivity contribution < 1.29 is 0 Å². The molecule has 0 aromatic heterocycles. The van der Waals surface area contributed by atoms with E-state index in [1.54, 1.807) is 58.7 Å². The average molecular weight is 530 g/mol. The molecule has 132 valence electrons. The molecule has 0 spiro atoms. The van der Waals surface area contributed by atoms with Gasteiger partial charge in [0.2, 0.25) is 0 Å². The van der Waals surface area contributed by atoms with Gasteiger partial charge in [-0.3, -0.25) is 0 Å². The van der Waals surface area contributed by atoms with Gasteiger partial charge >= 0.3 is 169 Å². The van der Waals surface area contributed by atoms with E-state index in [1.807, 2.05) is 0 Å². The summed E-state index contributed by atoms with van der Waals surface area (Å²) in [6, 6.07) is 15.5. The maximum absolute atomic E-state index is 2.63. The standard InChI is InChI=1S/C24H24Ge3/c1-25(2)13-7-9-15-21-19(13)20-14(25)8-10-16-22(20)24-18(27(16,5)6)12-11-17(23(21)24)26(15,3)4/h7-12H,1-6H3. The fraction of sp³-hybridized carbons (Fsp3) is 0.250. The van der Waals surface area contributed by atoms with Crippen molar-refractivity contribution in [2.75, 3.05) is 0 Å². The first-order valence-corrected chi connectivity index (χ1v) is 29.1.